The van der Waals surface area contributed by atoms with E-state index < -0.39 is 10.0 Å². The molecule has 1 fully saturated rings. The van der Waals surface area contributed by atoms with E-state index in [0.717, 1.165) is 16.6 Å². The first-order valence-corrected chi connectivity index (χ1v) is 12.7. The number of pyridine rings is 1. The van der Waals surface area contributed by atoms with Crippen LogP contribution >= 0.6 is 11.3 Å². The number of aryl methyl sites for hydroxylation is 2. The maximum Gasteiger partial charge on any atom is 0.259 e. The molecule has 1 saturated heterocycles. The minimum Gasteiger partial charge on any atom is -0.295 e. The van der Waals surface area contributed by atoms with E-state index in [1.54, 1.807) is 28.8 Å². The molecule has 0 radical (unpaired) electrons. The van der Waals surface area contributed by atoms with Gasteiger partial charge in [0.15, 0.2) is 4.96 Å². The highest BCUT2D eigenvalue weighted by atomic mass is 32.2. The monoisotopic (exact) mass is 469 g/mol. The number of rotatable bonds is 4. The van der Waals surface area contributed by atoms with E-state index >= 15 is 0 Å². The van der Waals surface area contributed by atoms with Crippen LogP contribution in [-0.2, 0) is 16.6 Å². The van der Waals surface area contributed by atoms with E-state index in [0.29, 0.717) is 48.9 Å². The molecule has 4 heterocycles. The standard InChI is InChI=1S/C22H23N5O3S2/c1-15-10-17-4-3-5-19(21(17)23-12-15)32(29,30)26-8-6-25(7-9-26)13-18-11-20(28)27-16(2)14-31-22(27)24-18/h3-5,10-12,14H,6-9,13H2,1-2H3. The molecule has 0 saturated carbocycles. The molecule has 3 aromatic heterocycles. The second-order valence-electron chi connectivity index (χ2n) is 8.10. The molecule has 32 heavy (non-hydrogen) atoms. The summed E-state index contributed by atoms with van der Waals surface area (Å²) in [5.74, 6) is 0. The van der Waals surface area contributed by atoms with Crippen LogP contribution in [0.3, 0.4) is 0 Å². The Hall–Kier alpha value is -2.66. The summed E-state index contributed by atoms with van der Waals surface area (Å²) in [6.07, 6.45) is 1.70. The molecule has 0 aliphatic carbocycles. The number of thiazole rings is 1. The average Bonchev–Trinajstić information content (AvgIpc) is 3.14. The van der Waals surface area contributed by atoms with Crippen molar-refractivity contribution in [2.45, 2.75) is 25.3 Å². The van der Waals surface area contributed by atoms with Gasteiger partial charge in [-0.15, -0.1) is 11.3 Å². The predicted molar refractivity (Wildman–Crippen MR) is 125 cm³/mol. The largest absolute Gasteiger partial charge is 0.295 e. The molecule has 0 N–H and O–H groups in total. The Bertz CT molecular complexity index is 1480. The van der Waals surface area contributed by atoms with Gasteiger partial charge in [-0.25, -0.2) is 13.4 Å². The average molecular weight is 470 g/mol. The SMILES string of the molecule is Cc1cnc2c(S(=O)(=O)N3CCN(Cc4cc(=O)n5c(C)csc5n4)CC3)cccc2c1. The van der Waals surface area contributed by atoms with Gasteiger partial charge in [-0.3, -0.25) is 19.1 Å². The molecule has 8 nitrogen and oxygen atoms in total. The topological polar surface area (TPSA) is 87.9 Å². The molecule has 0 spiro atoms. The molecule has 1 aromatic carbocycles. The summed E-state index contributed by atoms with van der Waals surface area (Å²) < 4.78 is 29.8. The Morgan fingerprint density at radius 2 is 1.88 bits per heavy atom. The summed E-state index contributed by atoms with van der Waals surface area (Å²) in [6.45, 7) is 6.24. The third-order valence-electron chi connectivity index (χ3n) is 5.77. The van der Waals surface area contributed by atoms with Gasteiger partial charge in [0.25, 0.3) is 5.56 Å². The zero-order valence-corrected chi connectivity index (χ0v) is 19.5. The molecule has 1 aliphatic heterocycles. The summed E-state index contributed by atoms with van der Waals surface area (Å²) in [5.41, 5.74) is 3.01. The van der Waals surface area contributed by atoms with Crippen molar-refractivity contribution in [3.63, 3.8) is 0 Å². The van der Waals surface area contributed by atoms with Crippen LogP contribution in [0.2, 0.25) is 0 Å². The summed E-state index contributed by atoms with van der Waals surface area (Å²) in [7, 11) is -3.65. The number of nitrogens with zero attached hydrogens (tertiary/aromatic N) is 5. The fourth-order valence-corrected chi connectivity index (χ4v) is 6.61. The minimum atomic E-state index is -3.65. The summed E-state index contributed by atoms with van der Waals surface area (Å²) in [4.78, 5) is 24.5. The first kappa shape index (κ1) is 21.2. The van der Waals surface area contributed by atoms with E-state index in [2.05, 4.69) is 14.9 Å². The van der Waals surface area contributed by atoms with E-state index in [1.807, 2.05) is 31.4 Å². The van der Waals surface area contributed by atoms with Crippen molar-refractivity contribution in [1.29, 1.82) is 0 Å². The van der Waals surface area contributed by atoms with Crippen LogP contribution in [0.25, 0.3) is 15.9 Å². The van der Waals surface area contributed by atoms with Gasteiger partial charge >= 0.3 is 0 Å². The highest BCUT2D eigenvalue weighted by Crippen LogP contribution is 2.25. The summed E-state index contributed by atoms with van der Waals surface area (Å²) in [6, 6.07) is 8.79. The fraction of sp³-hybridized carbons (Fsp3) is 0.318. The predicted octanol–water partition coefficient (Wildman–Crippen LogP) is 2.43. The molecular formula is C22H23N5O3S2. The third-order valence-corrected chi connectivity index (χ3v) is 8.65. The van der Waals surface area contributed by atoms with Gasteiger partial charge in [0, 0.05) is 61.4 Å². The number of fused-ring (bicyclic) bond motifs is 2. The summed E-state index contributed by atoms with van der Waals surface area (Å²) >= 11 is 1.45. The quantitative estimate of drug-likeness (QED) is 0.456. The molecule has 10 heteroatoms. The van der Waals surface area contributed by atoms with Crippen LogP contribution in [0.5, 0.6) is 0 Å². The molecule has 4 aromatic rings. The van der Waals surface area contributed by atoms with E-state index in [-0.39, 0.29) is 10.5 Å². The highest BCUT2D eigenvalue weighted by Gasteiger charge is 2.30. The Balaban J connectivity index is 1.33. The maximum absolute atomic E-state index is 13.4. The number of hydrogen-bond donors (Lipinski definition) is 0. The van der Waals surface area contributed by atoms with Crippen molar-refractivity contribution in [1.82, 2.24) is 23.6 Å². The van der Waals surface area contributed by atoms with Crippen molar-refractivity contribution in [3.8, 4) is 0 Å². The van der Waals surface area contributed by atoms with Gasteiger partial charge in [0.2, 0.25) is 10.0 Å². The van der Waals surface area contributed by atoms with Crippen LogP contribution in [-0.4, -0.2) is 58.2 Å². The lowest BCUT2D eigenvalue weighted by molar-refractivity contribution is 0.180. The molecule has 0 atom stereocenters. The lowest BCUT2D eigenvalue weighted by atomic mass is 10.2. The van der Waals surface area contributed by atoms with Crippen LogP contribution in [0.4, 0.5) is 0 Å². The second kappa shape index (κ2) is 8.04. The fourth-order valence-electron chi connectivity index (χ4n) is 4.13. The molecular weight excluding hydrogens is 446 g/mol. The zero-order valence-electron chi connectivity index (χ0n) is 17.9. The van der Waals surface area contributed by atoms with E-state index in [1.165, 1.54) is 15.6 Å². The van der Waals surface area contributed by atoms with Crippen molar-refractivity contribution < 1.29 is 8.42 Å². The Labute approximate surface area is 189 Å². The van der Waals surface area contributed by atoms with Crippen LogP contribution < -0.4 is 5.56 Å². The van der Waals surface area contributed by atoms with Crippen LogP contribution in [0.1, 0.15) is 17.0 Å². The molecule has 166 valence electrons. The van der Waals surface area contributed by atoms with Gasteiger partial charge in [0.1, 0.15) is 4.90 Å². The lowest BCUT2D eigenvalue weighted by Gasteiger charge is -2.33. The Kier molecular flexibility index (Phi) is 5.32. The molecule has 0 bridgehead atoms. The molecule has 0 amide bonds. The summed E-state index contributed by atoms with van der Waals surface area (Å²) in [5, 5.41) is 2.74. The molecule has 0 unspecified atom stereocenters. The smallest absolute Gasteiger partial charge is 0.259 e. The van der Waals surface area contributed by atoms with Crippen molar-refractivity contribution in [2.75, 3.05) is 26.2 Å². The van der Waals surface area contributed by atoms with Gasteiger partial charge < -0.3 is 0 Å². The molecule has 5 rings (SSSR count). The van der Waals surface area contributed by atoms with Gasteiger partial charge in [0.05, 0.1) is 11.2 Å². The number of sulfonamides is 1. The van der Waals surface area contributed by atoms with Crippen molar-refractivity contribution in [3.05, 3.63) is 69.2 Å². The number of hydrogen-bond acceptors (Lipinski definition) is 7. The number of benzene rings is 1. The van der Waals surface area contributed by atoms with Crippen molar-refractivity contribution in [2.24, 2.45) is 0 Å². The van der Waals surface area contributed by atoms with E-state index in [9.17, 15) is 13.2 Å². The van der Waals surface area contributed by atoms with Crippen molar-refractivity contribution >= 4 is 37.2 Å². The molecule has 1 aliphatic rings. The lowest BCUT2D eigenvalue weighted by Crippen LogP contribution is -2.48. The normalized spacial score (nSPS) is 16.2. The first-order chi connectivity index (χ1) is 15.3. The van der Waals surface area contributed by atoms with Gasteiger partial charge in [-0.2, -0.15) is 4.31 Å². The Morgan fingerprint density at radius 3 is 2.66 bits per heavy atom. The van der Waals surface area contributed by atoms with Gasteiger partial charge in [-0.1, -0.05) is 12.1 Å². The van der Waals surface area contributed by atoms with Gasteiger partial charge in [-0.05, 0) is 31.5 Å². The number of aromatic nitrogens is 3. The Morgan fingerprint density at radius 1 is 1.09 bits per heavy atom. The van der Waals surface area contributed by atoms with Crippen LogP contribution in [0.15, 0.2) is 51.6 Å². The minimum absolute atomic E-state index is 0.0799. The number of para-hydroxylation sites is 1. The van der Waals surface area contributed by atoms with Crippen LogP contribution in [0, 0.1) is 13.8 Å². The zero-order chi connectivity index (χ0) is 22.5. The maximum atomic E-state index is 13.4. The van der Waals surface area contributed by atoms with E-state index in [4.69, 9.17) is 0 Å². The third kappa shape index (κ3) is 3.73. The second-order valence-corrected chi connectivity index (χ2v) is 10.8. The number of piperazine rings is 1. The first-order valence-electron chi connectivity index (χ1n) is 10.4. The highest BCUT2D eigenvalue weighted by molar-refractivity contribution is 7.89.